The molecule has 3 rings (SSSR count). The number of rotatable bonds is 3. The summed E-state index contributed by atoms with van der Waals surface area (Å²) in [5, 5.41) is 0. The fraction of sp³-hybridized carbons (Fsp3) is 0. The Morgan fingerprint density at radius 3 is 0.900 bits per heavy atom. The van der Waals surface area contributed by atoms with E-state index in [1.807, 2.05) is 0 Å². The van der Waals surface area contributed by atoms with Gasteiger partial charge in [-0.25, -0.2) is 0 Å². The Labute approximate surface area is 135 Å². The lowest BCUT2D eigenvalue weighted by molar-refractivity contribution is 1.71. The summed E-state index contributed by atoms with van der Waals surface area (Å²) in [6.07, 6.45) is 0. The fourth-order valence-corrected chi connectivity index (χ4v) is 5.49. The maximum Gasteiger partial charge on any atom is 0.383 e. The molecule has 0 fully saturated rings. The molecule has 93 valence electrons. The van der Waals surface area contributed by atoms with Gasteiger partial charge in [0.1, 0.15) is 0 Å². The molecule has 0 nitrogen and oxygen atoms in total. The Morgan fingerprint density at radius 1 is 0.400 bits per heavy atom. The minimum Gasteiger partial charge on any atom is -0.0986 e. The van der Waals surface area contributed by atoms with Crippen LogP contribution in [0, 0.1) is 0 Å². The van der Waals surface area contributed by atoms with Crippen molar-refractivity contribution in [1.29, 1.82) is 0 Å². The van der Waals surface area contributed by atoms with Crippen LogP contribution in [0.25, 0.3) is 0 Å². The summed E-state index contributed by atoms with van der Waals surface area (Å²) in [5.41, 5.74) is 0. The van der Waals surface area contributed by atoms with E-state index in [4.69, 9.17) is 0 Å². The van der Waals surface area contributed by atoms with E-state index < -0.39 is 14.1 Å². The third kappa shape index (κ3) is 3.43. The molecule has 0 aliphatic rings. The maximum absolute atomic E-state index is 2.26. The molecular formula is C18H15Al2. The van der Waals surface area contributed by atoms with E-state index in [2.05, 4.69) is 91.0 Å². The molecule has 3 aromatic carbocycles. The minimum atomic E-state index is -1.31. The van der Waals surface area contributed by atoms with Crippen LogP contribution in [-0.2, 0) is 0 Å². The van der Waals surface area contributed by atoms with Gasteiger partial charge >= 0.3 is 14.1 Å². The van der Waals surface area contributed by atoms with Crippen molar-refractivity contribution in [2.75, 3.05) is 0 Å². The summed E-state index contributed by atoms with van der Waals surface area (Å²) in [5.74, 6) is 0. The predicted octanol–water partition coefficient (Wildman–Crippen LogP) is 1.82. The molecule has 0 bridgehead atoms. The standard InChI is InChI=1S/3C6H5.2Al/c3*1-2-4-6-5-3-1;;/h3*1-5H;;. The van der Waals surface area contributed by atoms with Crippen LogP contribution in [0.3, 0.4) is 0 Å². The Bertz CT molecular complexity index is 527. The molecule has 0 amide bonds. The first kappa shape index (κ1) is 15.1. The monoisotopic (exact) mass is 285 g/mol. The third-order valence-corrected chi connectivity index (χ3v) is 6.55. The van der Waals surface area contributed by atoms with Gasteiger partial charge in [0, 0.05) is 17.4 Å². The molecular weight excluding hydrogens is 270 g/mol. The Kier molecular flexibility index (Phi) is 5.66. The number of hydrogen-bond donors (Lipinski definition) is 0. The van der Waals surface area contributed by atoms with Crippen LogP contribution in [0.15, 0.2) is 91.0 Å². The molecule has 20 heavy (non-hydrogen) atoms. The van der Waals surface area contributed by atoms with Gasteiger partial charge < -0.3 is 0 Å². The summed E-state index contributed by atoms with van der Waals surface area (Å²) in [4.78, 5) is 0. The topological polar surface area (TPSA) is 0 Å². The zero-order valence-electron chi connectivity index (χ0n) is 11.3. The van der Waals surface area contributed by atoms with Crippen molar-refractivity contribution in [2.45, 2.75) is 0 Å². The average Bonchev–Trinajstić information content (AvgIpc) is 2.51. The maximum atomic E-state index is 2.26. The lowest BCUT2D eigenvalue weighted by atomic mass is 10.3. The van der Waals surface area contributed by atoms with Gasteiger partial charge in [0.25, 0.3) is 0 Å². The molecule has 0 aliphatic heterocycles. The molecule has 0 aromatic heterocycles. The van der Waals surface area contributed by atoms with E-state index in [0.717, 1.165) is 0 Å². The van der Waals surface area contributed by atoms with E-state index in [0.29, 0.717) is 0 Å². The smallest absolute Gasteiger partial charge is 0.0986 e. The third-order valence-electron chi connectivity index (χ3n) is 3.40. The lowest BCUT2D eigenvalue weighted by Gasteiger charge is -2.13. The first-order valence-electron chi connectivity index (χ1n) is 6.60. The molecule has 0 atom stereocenters. The Balaban J connectivity index is 0.00000147. The highest BCUT2D eigenvalue weighted by atomic mass is 27.2. The molecule has 0 spiro atoms. The lowest BCUT2D eigenvalue weighted by Crippen LogP contribution is -2.51. The summed E-state index contributed by atoms with van der Waals surface area (Å²) in [7, 11) is 0. The fourth-order valence-electron chi connectivity index (χ4n) is 2.51. The van der Waals surface area contributed by atoms with Crippen LogP contribution in [0.4, 0.5) is 0 Å². The number of hydrogen-bond acceptors (Lipinski definition) is 0. The van der Waals surface area contributed by atoms with E-state index in [1.54, 1.807) is 0 Å². The molecule has 0 saturated carbocycles. The van der Waals surface area contributed by atoms with Gasteiger partial charge in [0.2, 0.25) is 0 Å². The van der Waals surface area contributed by atoms with E-state index in [1.165, 1.54) is 13.3 Å². The van der Waals surface area contributed by atoms with Crippen LogP contribution >= 0.6 is 0 Å². The van der Waals surface area contributed by atoms with Crippen molar-refractivity contribution in [2.24, 2.45) is 0 Å². The van der Waals surface area contributed by atoms with Crippen LogP contribution in [0.5, 0.6) is 0 Å². The summed E-state index contributed by atoms with van der Waals surface area (Å²) >= 11 is -1.31. The van der Waals surface area contributed by atoms with Crippen LogP contribution in [-0.4, -0.2) is 31.5 Å². The van der Waals surface area contributed by atoms with E-state index >= 15 is 0 Å². The van der Waals surface area contributed by atoms with Gasteiger partial charge in [0.15, 0.2) is 0 Å². The highest BCUT2D eigenvalue weighted by molar-refractivity contribution is 6.95. The molecule has 3 aromatic rings. The van der Waals surface area contributed by atoms with Crippen molar-refractivity contribution in [3.8, 4) is 0 Å². The van der Waals surface area contributed by atoms with Crippen molar-refractivity contribution >= 4 is 44.8 Å². The second-order valence-electron chi connectivity index (χ2n) is 4.67. The van der Waals surface area contributed by atoms with Gasteiger partial charge in [-0.1, -0.05) is 104 Å². The number of benzene rings is 3. The summed E-state index contributed by atoms with van der Waals surface area (Å²) < 4.78 is 4.42. The minimum absolute atomic E-state index is 0. The van der Waals surface area contributed by atoms with Crippen molar-refractivity contribution in [3.05, 3.63) is 91.0 Å². The second kappa shape index (κ2) is 7.49. The first-order chi connectivity index (χ1) is 9.45. The second-order valence-corrected chi connectivity index (χ2v) is 7.53. The van der Waals surface area contributed by atoms with Gasteiger partial charge in [-0.15, -0.1) is 0 Å². The zero-order valence-corrected chi connectivity index (χ0v) is 13.6. The van der Waals surface area contributed by atoms with Gasteiger partial charge in [-0.2, -0.15) is 0 Å². The average molecular weight is 285 g/mol. The molecule has 0 unspecified atom stereocenters. The quantitative estimate of drug-likeness (QED) is 0.644. The van der Waals surface area contributed by atoms with Crippen molar-refractivity contribution in [3.63, 3.8) is 0 Å². The SMILES string of the molecule is [Al].c1cc[c]([Al]([c]2ccccc2)[c]2ccccc2)cc1. The molecule has 0 heterocycles. The highest BCUT2D eigenvalue weighted by Crippen LogP contribution is 1.95. The first-order valence-corrected chi connectivity index (χ1v) is 8.33. The summed E-state index contributed by atoms with van der Waals surface area (Å²) in [6.45, 7) is 0. The van der Waals surface area contributed by atoms with Crippen LogP contribution < -0.4 is 13.3 Å². The molecule has 2 heteroatoms. The predicted molar refractivity (Wildman–Crippen MR) is 89.7 cm³/mol. The van der Waals surface area contributed by atoms with Crippen LogP contribution in [0.1, 0.15) is 0 Å². The van der Waals surface area contributed by atoms with E-state index in [9.17, 15) is 0 Å². The van der Waals surface area contributed by atoms with Gasteiger partial charge in [0.05, 0.1) is 0 Å². The van der Waals surface area contributed by atoms with Crippen molar-refractivity contribution in [1.82, 2.24) is 0 Å². The van der Waals surface area contributed by atoms with Gasteiger partial charge in [-0.05, 0) is 0 Å². The Morgan fingerprint density at radius 2 is 0.650 bits per heavy atom. The van der Waals surface area contributed by atoms with Gasteiger partial charge in [-0.3, -0.25) is 0 Å². The van der Waals surface area contributed by atoms with E-state index in [-0.39, 0.29) is 17.4 Å². The van der Waals surface area contributed by atoms with Crippen molar-refractivity contribution < 1.29 is 0 Å². The Hall–Kier alpha value is -1.28. The molecule has 3 radical (unpaired) electrons. The molecule has 0 aliphatic carbocycles. The largest absolute Gasteiger partial charge is 0.383 e. The molecule has 0 saturated heterocycles. The zero-order chi connectivity index (χ0) is 12.9. The highest BCUT2D eigenvalue weighted by Gasteiger charge is 2.23. The molecule has 0 N–H and O–H groups in total. The summed E-state index contributed by atoms with van der Waals surface area (Å²) in [6, 6.07) is 32.7. The van der Waals surface area contributed by atoms with Crippen LogP contribution in [0.2, 0.25) is 0 Å². The normalized spacial score (nSPS) is 9.60.